The third-order valence-corrected chi connectivity index (χ3v) is 3.48. The Labute approximate surface area is 112 Å². The molecule has 1 atom stereocenters. The first-order valence-electron chi connectivity index (χ1n) is 7.01. The second kappa shape index (κ2) is 10.1. The number of nitrogens with two attached hydrogens (primary N) is 1. The van der Waals surface area contributed by atoms with E-state index in [4.69, 9.17) is 10.9 Å². The van der Waals surface area contributed by atoms with Gasteiger partial charge in [0.2, 0.25) is 0 Å². The van der Waals surface area contributed by atoms with E-state index >= 15 is 0 Å². The first-order chi connectivity index (χ1) is 8.58. The Hall–Kier alpha value is -0.810. The van der Waals surface area contributed by atoms with Crippen LogP contribution in [0.3, 0.4) is 0 Å². The lowest BCUT2D eigenvalue weighted by molar-refractivity contribution is 0.201. The highest BCUT2D eigenvalue weighted by Gasteiger charge is 2.13. The van der Waals surface area contributed by atoms with Crippen LogP contribution < -0.4 is 5.73 Å². The van der Waals surface area contributed by atoms with Gasteiger partial charge in [-0.25, -0.2) is 0 Å². The molecule has 0 fully saturated rings. The lowest BCUT2D eigenvalue weighted by atomic mass is 10.2. The monoisotopic (exact) mass is 258 g/mol. The van der Waals surface area contributed by atoms with Crippen molar-refractivity contribution < 1.29 is 5.21 Å². The maximum absolute atomic E-state index is 8.59. The van der Waals surface area contributed by atoms with Crippen LogP contribution in [0.25, 0.3) is 0 Å². The summed E-state index contributed by atoms with van der Waals surface area (Å²) in [5.41, 5.74) is 5.55. The van der Waals surface area contributed by atoms with Crippen molar-refractivity contribution in [3.63, 3.8) is 0 Å². The van der Waals surface area contributed by atoms with E-state index in [-0.39, 0.29) is 0 Å². The Balaban J connectivity index is 4.02. The van der Waals surface area contributed by atoms with E-state index in [1.165, 1.54) is 0 Å². The van der Waals surface area contributed by atoms with Crippen LogP contribution >= 0.6 is 0 Å². The quantitative estimate of drug-likeness (QED) is 0.270. The fourth-order valence-electron chi connectivity index (χ4n) is 2.20. The standard InChI is InChI=1S/C13H30N4O/c1-5-16(6-2)9-8-10-17(7-3)12(4)11-13(14)15-18/h12,18H,5-11H2,1-4H3,(H2,14,15). The molecule has 0 rings (SSSR count). The third kappa shape index (κ3) is 6.81. The molecule has 3 N–H and O–H groups in total. The maximum Gasteiger partial charge on any atom is 0.140 e. The summed E-state index contributed by atoms with van der Waals surface area (Å²) < 4.78 is 0. The van der Waals surface area contributed by atoms with Gasteiger partial charge in [0.1, 0.15) is 5.84 Å². The predicted octanol–water partition coefficient (Wildman–Crippen LogP) is 1.57. The second-order valence-electron chi connectivity index (χ2n) is 4.65. The maximum atomic E-state index is 8.59. The van der Waals surface area contributed by atoms with Crippen LogP contribution in [-0.2, 0) is 0 Å². The van der Waals surface area contributed by atoms with Crippen molar-refractivity contribution in [3.05, 3.63) is 0 Å². The van der Waals surface area contributed by atoms with Crippen molar-refractivity contribution in [1.82, 2.24) is 9.80 Å². The molecule has 0 saturated heterocycles. The number of nitrogens with zero attached hydrogens (tertiary/aromatic N) is 3. The minimum absolute atomic E-state index is 0.310. The lowest BCUT2D eigenvalue weighted by Crippen LogP contribution is -2.38. The second-order valence-corrected chi connectivity index (χ2v) is 4.65. The van der Waals surface area contributed by atoms with Gasteiger partial charge in [0.15, 0.2) is 0 Å². The minimum Gasteiger partial charge on any atom is -0.409 e. The molecule has 0 aromatic carbocycles. The van der Waals surface area contributed by atoms with Crippen LogP contribution in [-0.4, -0.2) is 59.6 Å². The highest BCUT2D eigenvalue weighted by atomic mass is 16.4. The van der Waals surface area contributed by atoms with Gasteiger partial charge in [-0.3, -0.25) is 0 Å². The van der Waals surface area contributed by atoms with Crippen molar-refractivity contribution in [1.29, 1.82) is 0 Å². The molecule has 0 aromatic heterocycles. The van der Waals surface area contributed by atoms with Gasteiger partial charge in [-0.05, 0) is 46.1 Å². The molecule has 0 amide bonds. The van der Waals surface area contributed by atoms with Crippen molar-refractivity contribution in [2.45, 2.75) is 46.6 Å². The van der Waals surface area contributed by atoms with E-state index in [1.54, 1.807) is 0 Å². The summed E-state index contributed by atoms with van der Waals surface area (Å²) in [7, 11) is 0. The molecule has 5 nitrogen and oxygen atoms in total. The van der Waals surface area contributed by atoms with Gasteiger partial charge in [-0.2, -0.15) is 0 Å². The van der Waals surface area contributed by atoms with Crippen LogP contribution in [0.2, 0.25) is 0 Å². The van der Waals surface area contributed by atoms with Gasteiger partial charge in [0.05, 0.1) is 0 Å². The first-order valence-corrected chi connectivity index (χ1v) is 7.01. The topological polar surface area (TPSA) is 65.1 Å². The van der Waals surface area contributed by atoms with Crippen LogP contribution in [0.1, 0.15) is 40.5 Å². The smallest absolute Gasteiger partial charge is 0.140 e. The summed E-state index contributed by atoms with van der Waals surface area (Å²) >= 11 is 0. The lowest BCUT2D eigenvalue weighted by Gasteiger charge is -2.28. The van der Waals surface area contributed by atoms with Crippen LogP contribution in [0, 0.1) is 0 Å². The summed E-state index contributed by atoms with van der Waals surface area (Å²) in [6.07, 6.45) is 1.78. The van der Waals surface area contributed by atoms with Crippen molar-refractivity contribution >= 4 is 5.84 Å². The molecule has 1 unspecified atom stereocenters. The predicted molar refractivity (Wildman–Crippen MR) is 77.1 cm³/mol. The van der Waals surface area contributed by atoms with Crippen molar-refractivity contribution in [2.75, 3.05) is 32.7 Å². The van der Waals surface area contributed by atoms with Gasteiger partial charge >= 0.3 is 0 Å². The molecule has 0 heterocycles. The molecule has 0 radical (unpaired) electrons. The Bertz CT molecular complexity index is 229. The van der Waals surface area contributed by atoms with Gasteiger partial charge in [-0.15, -0.1) is 0 Å². The molecule has 0 aliphatic carbocycles. The van der Waals surface area contributed by atoms with Gasteiger partial charge in [0, 0.05) is 12.5 Å². The zero-order valence-corrected chi connectivity index (χ0v) is 12.4. The SMILES string of the molecule is CCN(CC)CCCN(CC)C(C)CC(N)=NO. The minimum atomic E-state index is 0.310. The number of rotatable bonds is 10. The zero-order chi connectivity index (χ0) is 14.0. The summed E-state index contributed by atoms with van der Waals surface area (Å²) in [6.45, 7) is 14.1. The van der Waals surface area contributed by atoms with E-state index in [2.05, 4.69) is 42.7 Å². The number of hydrogen-bond donors (Lipinski definition) is 2. The fourth-order valence-corrected chi connectivity index (χ4v) is 2.20. The van der Waals surface area contributed by atoms with Crippen LogP contribution in [0.4, 0.5) is 0 Å². The third-order valence-electron chi connectivity index (χ3n) is 3.48. The molecule has 0 aromatic rings. The molecule has 0 aliphatic heterocycles. The van der Waals surface area contributed by atoms with E-state index < -0.39 is 0 Å². The number of amidine groups is 1. The molecule has 18 heavy (non-hydrogen) atoms. The van der Waals surface area contributed by atoms with E-state index in [0.717, 1.165) is 39.1 Å². The van der Waals surface area contributed by atoms with Crippen molar-refractivity contribution in [2.24, 2.45) is 10.9 Å². The average molecular weight is 258 g/mol. The molecule has 0 spiro atoms. The Kier molecular flexibility index (Phi) is 9.69. The zero-order valence-electron chi connectivity index (χ0n) is 12.4. The largest absolute Gasteiger partial charge is 0.409 e. The molecule has 0 aliphatic rings. The summed E-state index contributed by atoms with van der Waals surface area (Å²) in [5, 5.41) is 11.6. The Morgan fingerprint density at radius 1 is 1.17 bits per heavy atom. The van der Waals surface area contributed by atoms with E-state index in [1.807, 2.05) is 0 Å². The highest BCUT2D eigenvalue weighted by Crippen LogP contribution is 2.05. The van der Waals surface area contributed by atoms with E-state index in [0.29, 0.717) is 18.3 Å². The normalized spacial score (nSPS) is 14.4. The molecule has 108 valence electrons. The van der Waals surface area contributed by atoms with Crippen molar-refractivity contribution in [3.8, 4) is 0 Å². The van der Waals surface area contributed by atoms with Gasteiger partial charge in [0.25, 0.3) is 0 Å². The Morgan fingerprint density at radius 2 is 1.78 bits per heavy atom. The summed E-state index contributed by atoms with van der Waals surface area (Å²) in [5.74, 6) is 0.310. The molecule has 0 saturated carbocycles. The molecule has 0 bridgehead atoms. The Morgan fingerprint density at radius 3 is 2.22 bits per heavy atom. The summed E-state index contributed by atoms with van der Waals surface area (Å²) in [4.78, 5) is 4.81. The van der Waals surface area contributed by atoms with Crippen LogP contribution in [0.5, 0.6) is 0 Å². The highest BCUT2D eigenvalue weighted by molar-refractivity contribution is 5.80. The number of hydrogen-bond acceptors (Lipinski definition) is 4. The summed E-state index contributed by atoms with van der Waals surface area (Å²) in [6, 6.07) is 0.322. The van der Waals surface area contributed by atoms with E-state index in [9.17, 15) is 0 Å². The number of oxime groups is 1. The average Bonchev–Trinajstić information content (AvgIpc) is 2.38. The first kappa shape index (κ1) is 17.2. The fraction of sp³-hybridized carbons (Fsp3) is 0.923. The molecular formula is C13H30N4O. The molecule has 5 heteroatoms. The van der Waals surface area contributed by atoms with Gasteiger partial charge in [-0.1, -0.05) is 25.9 Å². The van der Waals surface area contributed by atoms with Crippen LogP contribution in [0.15, 0.2) is 5.16 Å². The molecular weight excluding hydrogens is 228 g/mol. The van der Waals surface area contributed by atoms with Gasteiger partial charge < -0.3 is 20.7 Å².